The molecule has 0 amide bonds. The van der Waals surface area contributed by atoms with Crippen LogP contribution in [0.25, 0.3) is 0 Å². The maximum Gasteiger partial charge on any atom is 0.127 e. The fourth-order valence-corrected chi connectivity index (χ4v) is 1.51. The summed E-state index contributed by atoms with van der Waals surface area (Å²) in [5.74, 6) is 1.61. The molecular weight excluding hydrogens is 226 g/mol. The van der Waals surface area contributed by atoms with Crippen LogP contribution >= 0.6 is 0 Å². The van der Waals surface area contributed by atoms with Crippen LogP contribution in [0.15, 0.2) is 18.3 Å². The third kappa shape index (κ3) is 6.45. The van der Waals surface area contributed by atoms with Crippen molar-refractivity contribution in [1.29, 1.82) is 0 Å². The lowest BCUT2D eigenvalue weighted by atomic mass is 10.1. The van der Waals surface area contributed by atoms with Crippen LogP contribution in [0.5, 0.6) is 0 Å². The highest BCUT2D eigenvalue weighted by Crippen LogP contribution is 2.11. The van der Waals surface area contributed by atoms with Crippen molar-refractivity contribution < 1.29 is 4.74 Å². The number of pyridine rings is 1. The van der Waals surface area contributed by atoms with Crippen molar-refractivity contribution in [2.24, 2.45) is 5.92 Å². The third-order valence-corrected chi connectivity index (χ3v) is 2.53. The van der Waals surface area contributed by atoms with Crippen molar-refractivity contribution >= 4 is 11.5 Å². The molecule has 4 heteroatoms. The van der Waals surface area contributed by atoms with Gasteiger partial charge in [-0.25, -0.2) is 4.98 Å². The van der Waals surface area contributed by atoms with E-state index in [1.807, 2.05) is 12.1 Å². The number of nitrogens with one attached hydrogen (secondary N) is 2. The van der Waals surface area contributed by atoms with Crippen LogP contribution in [-0.4, -0.2) is 31.3 Å². The maximum atomic E-state index is 5.55. The molecular formula is C14H25N3O. The average Bonchev–Trinajstić information content (AvgIpc) is 2.34. The fourth-order valence-electron chi connectivity index (χ4n) is 1.51. The van der Waals surface area contributed by atoms with Gasteiger partial charge in [-0.1, -0.05) is 13.8 Å². The smallest absolute Gasteiger partial charge is 0.127 e. The zero-order valence-corrected chi connectivity index (χ0v) is 11.7. The first kappa shape index (κ1) is 14.8. The lowest BCUT2D eigenvalue weighted by molar-refractivity contribution is 0.132. The summed E-state index contributed by atoms with van der Waals surface area (Å²) in [6.07, 6.45) is 2.93. The summed E-state index contributed by atoms with van der Waals surface area (Å²) in [7, 11) is 0. The topological polar surface area (TPSA) is 46.2 Å². The summed E-state index contributed by atoms with van der Waals surface area (Å²) in [6, 6.07) is 3.98. The first-order valence-corrected chi connectivity index (χ1v) is 6.74. The number of hydrogen-bond acceptors (Lipinski definition) is 4. The van der Waals surface area contributed by atoms with Gasteiger partial charge in [-0.2, -0.15) is 0 Å². The molecule has 0 aliphatic rings. The maximum absolute atomic E-state index is 5.55. The van der Waals surface area contributed by atoms with Crippen LogP contribution in [0.2, 0.25) is 0 Å². The lowest BCUT2D eigenvalue weighted by Gasteiger charge is -2.09. The minimum atomic E-state index is 0.709. The second kappa shape index (κ2) is 8.75. The summed E-state index contributed by atoms with van der Waals surface area (Å²) in [5.41, 5.74) is 1.08. The molecule has 0 atom stereocenters. The van der Waals surface area contributed by atoms with Crippen LogP contribution in [-0.2, 0) is 4.74 Å². The van der Waals surface area contributed by atoms with Gasteiger partial charge in [0.2, 0.25) is 0 Å². The van der Waals surface area contributed by atoms with E-state index in [0.29, 0.717) is 5.92 Å². The van der Waals surface area contributed by atoms with E-state index in [1.54, 1.807) is 6.20 Å². The highest BCUT2D eigenvalue weighted by atomic mass is 16.5. The van der Waals surface area contributed by atoms with Gasteiger partial charge in [-0.05, 0) is 25.3 Å². The van der Waals surface area contributed by atoms with E-state index in [1.165, 1.54) is 0 Å². The Balaban J connectivity index is 2.16. The number of nitrogens with zero attached hydrogens (tertiary/aromatic N) is 1. The fraction of sp³-hybridized carbons (Fsp3) is 0.643. The number of anilines is 2. The number of rotatable bonds is 9. The predicted octanol–water partition coefficient (Wildman–Crippen LogP) is 2.99. The van der Waals surface area contributed by atoms with Crippen LogP contribution in [0.4, 0.5) is 11.5 Å². The Labute approximate surface area is 110 Å². The van der Waals surface area contributed by atoms with Gasteiger partial charge in [0.1, 0.15) is 5.82 Å². The molecule has 0 spiro atoms. The normalized spacial score (nSPS) is 10.7. The Morgan fingerprint density at radius 2 is 2.11 bits per heavy atom. The molecule has 1 aromatic rings. The van der Waals surface area contributed by atoms with Gasteiger partial charge in [0.25, 0.3) is 0 Å². The molecule has 1 aromatic heterocycles. The molecule has 1 heterocycles. The van der Waals surface area contributed by atoms with Crippen LogP contribution in [0.3, 0.4) is 0 Å². The SMILES string of the molecule is CCNc1cc(NCCOCCC(C)C)ccn1. The van der Waals surface area contributed by atoms with E-state index in [2.05, 4.69) is 36.4 Å². The molecule has 0 bridgehead atoms. The van der Waals surface area contributed by atoms with Gasteiger partial charge in [-0.15, -0.1) is 0 Å². The van der Waals surface area contributed by atoms with E-state index >= 15 is 0 Å². The van der Waals surface area contributed by atoms with Gasteiger partial charge >= 0.3 is 0 Å². The van der Waals surface area contributed by atoms with Gasteiger partial charge in [0.05, 0.1) is 6.61 Å². The van der Waals surface area contributed by atoms with E-state index < -0.39 is 0 Å². The van der Waals surface area contributed by atoms with Crippen LogP contribution < -0.4 is 10.6 Å². The molecule has 0 aromatic carbocycles. The first-order chi connectivity index (χ1) is 8.72. The molecule has 0 fully saturated rings. The van der Waals surface area contributed by atoms with Gasteiger partial charge < -0.3 is 15.4 Å². The zero-order chi connectivity index (χ0) is 13.2. The minimum Gasteiger partial charge on any atom is -0.383 e. The predicted molar refractivity (Wildman–Crippen MR) is 77.2 cm³/mol. The Morgan fingerprint density at radius 3 is 2.83 bits per heavy atom. The Bertz CT molecular complexity index is 329. The molecule has 0 aliphatic carbocycles. The lowest BCUT2D eigenvalue weighted by Crippen LogP contribution is -2.11. The van der Waals surface area contributed by atoms with E-state index in [4.69, 9.17) is 4.74 Å². The van der Waals surface area contributed by atoms with Crippen molar-refractivity contribution in [3.63, 3.8) is 0 Å². The standard InChI is InChI=1S/C14H25N3O/c1-4-15-14-11-13(5-7-17-14)16-8-10-18-9-6-12(2)3/h5,7,11-12H,4,6,8-10H2,1-3H3,(H2,15,16,17). The van der Waals surface area contributed by atoms with Crippen molar-refractivity contribution in [3.05, 3.63) is 18.3 Å². The molecule has 0 radical (unpaired) electrons. The molecule has 2 N–H and O–H groups in total. The van der Waals surface area contributed by atoms with E-state index in [0.717, 1.165) is 44.2 Å². The monoisotopic (exact) mass is 251 g/mol. The van der Waals surface area contributed by atoms with E-state index in [-0.39, 0.29) is 0 Å². The van der Waals surface area contributed by atoms with Crippen molar-refractivity contribution in [2.75, 3.05) is 36.9 Å². The molecule has 4 nitrogen and oxygen atoms in total. The van der Waals surface area contributed by atoms with Crippen molar-refractivity contribution in [2.45, 2.75) is 27.2 Å². The summed E-state index contributed by atoms with van der Waals surface area (Å²) >= 11 is 0. The van der Waals surface area contributed by atoms with Gasteiger partial charge in [-0.3, -0.25) is 0 Å². The minimum absolute atomic E-state index is 0.709. The quantitative estimate of drug-likeness (QED) is 0.662. The summed E-state index contributed by atoms with van der Waals surface area (Å²) in [4.78, 5) is 4.22. The molecule has 0 aliphatic heterocycles. The van der Waals surface area contributed by atoms with Crippen LogP contribution in [0, 0.1) is 5.92 Å². The summed E-state index contributed by atoms with van der Waals surface area (Å²) < 4.78 is 5.55. The molecule has 0 unspecified atom stereocenters. The number of ether oxygens (including phenoxy) is 1. The highest BCUT2D eigenvalue weighted by Gasteiger charge is 1.96. The molecule has 1 rings (SSSR count). The second-order valence-corrected chi connectivity index (χ2v) is 4.68. The highest BCUT2D eigenvalue weighted by molar-refractivity contribution is 5.51. The number of aromatic nitrogens is 1. The summed E-state index contributed by atoms with van der Waals surface area (Å²) in [5, 5.41) is 6.52. The third-order valence-electron chi connectivity index (χ3n) is 2.53. The molecule has 102 valence electrons. The summed E-state index contributed by atoms with van der Waals surface area (Å²) in [6.45, 7) is 9.78. The molecule has 0 saturated carbocycles. The Kier molecular flexibility index (Phi) is 7.18. The first-order valence-electron chi connectivity index (χ1n) is 6.74. The zero-order valence-electron chi connectivity index (χ0n) is 11.7. The van der Waals surface area contributed by atoms with Gasteiger partial charge in [0, 0.05) is 37.6 Å². The van der Waals surface area contributed by atoms with Crippen molar-refractivity contribution in [3.8, 4) is 0 Å². The largest absolute Gasteiger partial charge is 0.383 e. The molecule has 0 saturated heterocycles. The van der Waals surface area contributed by atoms with E-state index in [9.17, 15) is 0 Å². The van der Waals surface area contributed by atoms with Gasteiger partial charge in [0.15, 0.2) is 0 Å². The molecule has 18 heavy (non-hydrogen) atoms. The number of hydrogen-bond donors (Lipinski definition) is 2. The van der Waals surface area contributed by atoms with Crippen molar-refractivity contribution in [1.82, 2.24) is 4.98 Å². The second-order valence-electron chi connectivity index (χ2n) is 4.68. The van der Waals surface area contributed by atoms with Crippen LogP contribution in [0.1, 0.15) is 27.2 Å². The Hall–Kier alpha value is -1.29. The average molecular weight is 251 g/mol. The Morgan fingerprint density at radius 1 is 1.28 bits per heavy atom.